The molecular formula is C28H33ClN4O2. The van der Waals surface area contributed by atoms with Crippen LogP contribution in [0.25, 0.3) is 10.9 Å². The lowest BCUT2D eigenvalue weighted by Crippen LogP contribution is -2.34. The number of aromatic nitrogens is 2. The molecule has 0 spiro atoms. The number of hydrogen-bond donors (Lipinski definition) is 1. The number of hydrogen-bond acceptors (Lipinski definition) is 6. The fourth-order valence-electron chi connectivity index (χ4n) is 5.65. The molecule has 7 heteroatoms. The lowest BCUT2D eigenvalue weighted by molar-refractivity contribution is 0.198. The van der Waals surface area contributed by atoms with E-state index in [9.17, 15) is 5.11 Å². The van der Waals surface area contributed by atoms with Crippen LogP contribution in [-0.2, 0) is 5.41 Å². The van der Waals surface area contributed by atoms with Crippen LogP contribution in [0.2, 0.25) is 5.02 Å². The molecule has 0 radical (unpaired) electrons. The molecule has 2 aromatic carbocycles. The second-order valence-electron chi connectivity index (χ2n) is 10.6. The van der Waals surface area contributed by atoms with Gasteiger partial charge in [-0.15, -0.1) is 0 Å². The summed E-state index contributed by atoms with van der Waals surface area (Å²) in [5, 5.41) is 11.7. The Morgan fingerprint density at radius 1 is 1.03 bits per heavy atom. The zero-order valence-corrected chi connectivity index (χ0v) is 21.3. The second kappa shape index (κ2) is 8.82. The molecular weight excluding hydrogens is 460 g/mol. The largest absolute Gasteiger partial charge is 0.496 e. The molecule has 1 aliphatic carbocycles. The smallest absolute Gasteiger partial charge is 0.140 e. The third-order valence-corrected chi connectivity index (χ3v) is 8.45. The summed E-state index contributed by atoms with van der Waals surface area (Å²) in [5.74, 6) is 3.37. The quantitative estimate of drug-likeness (QED) is 0.521. The number of anilines is 2. The van der Waals surface area contributed by atoms with Crippen LogP contribution in [0.5, 0.6) is 5.75 Å². The lowest BCUT2D eigenvalue weighted by Gasteiger charge is -2.34. The van der Waals surface area contributed by atoms with Crippen molar-refractivity contribution in [2.45, 2.75) is 56.5 Å². The van der Waals surface area contributed by atoms with Crippen molar-refractivity contribution < 1.29 is 9.84 Å². The van der Waals surface area contributed by atoms with Crippen LogP contribution in [0.1, 0.15) is 56.3 Å². The Hall–Kier alpha value is -2.57. The molecule has 3 aliphatic rings. The van der Waals surface area contributed by atoms with Gasteiger partial charge in [0, 0.05) is 42.7 Å². The first kappa shape index (κ1) is 22.9. The minimum atomic E-state index is -0.286. The predicted molar refractivity (Wildman–Crippen MR) is 141 cm³/mol. The van der Waals surface area contributed by atoms with Gasteiger partial charge in [0.1, 0.15) is 17.4 Å². The van der Waals surface area contributed by atoms with E-state index in [4.69, 9.17) is 26.3 Å². The van der Waals surface area contributed by atoms with Gasteiger partial charge in [0.2, 0.25) is 0 Å². The number of para-hydroxylation sites is 1. The van der Waals surface area contributed by atoms with Crippen LogP contribution >= 0.6 is 11.6 Å². The number of aliphatic hydroxyl groups excluding tert-OH is 1. The second-order valence-corrected chi connectivity index (χ2v) is 11.1. The zero-order valence-electron chi connectivity index (χ0n) is 20.5. The molecule has 3 fully saturated rings. The van der Waals surface area contributed by atoms with Gasteiger partial charge in [0.05, 0.1) is 23.8 Å². The standard InChI is InChI=1S/C28H33ClN4O2/c1-28(10-11-28)27-30-25-22(15-19(16-23(25)29)33-14-9-20(34)17-33)26(31-27)32-12-7-18(8-13-32)21-5-3-4-6-24(21)35-2/h3-6,15-16,18,20,34H,7-14,17H2,1-2H3/t20-/m1/s1. The highest BCUT2D eigenvalue weighted by Crippen LogP contribution is 2.48. The summed E-state index contributed by atoms with van der Waals surface area (Å²) in [7, 11) is 1.75. The molecule has 184 valence electrons. The number of halogens is 1. The van der Waals surface area contributed by atoms with Crippen molar-refractivity contribution in [3.8, 4) is 5.75 Å². The highest BCUT2D eigenvalue weighted by atomic mass is 35.5. The van der Waals surface area contributed by atoms with Crippen LogP contribution in [0.4, 0.5) is 11.5 Å². The van der Waals surface area contributed by atoms with E-state index in [0.717, 1.165) is 85.7 Å². The van der Waals surface area contributed by atoms with E-state index in [1.165, 1.54) is 5.56 Å². The first-order valence-electron chi connectivity index (χ1n) is 12.8. The number of β-amino-alcohol motifs (C(OH)–C–C–N with tert-alkyl or cyclic N) is 1. The molecule has 1 saturated carbocycles. The number of ether oxygens (including phenoxy) is 1. The van der Waals surface area contributed by atoms with Crippen molar-refractivity contribution in [3.63, 3.8) is 0 Å². The molecule has 3 heterocycles. The number of methoxy groups -OCH3 is 1. The van der Waals surface area contributed by atoms with Crippen molar-refractivity contribution in [2.75, 3.05) is 43.1 Å². The fraction of sp³-hybridized carbons (Fsp3) is 0.500. The Labute approximate surface area is 211 Å². The minimum Gasteiger partial charge on any atom is -0.496 e. The number of aliphatic hydroxyl groups is 1. The average molecular weight is 493 g/mol. The Balaban J connectivity index is 1.36. The maximum Gasteiger partial charge on any atom is 0.140 e. The molecule has 2 aliphatic heterocycles. The molecule has 0 unspecified atom stereocenters. The van der Waals surface area contributed by atoms with Crippen molar-refractivity contribution in [3.05, 3.63) is 52.8 Å². The van der Waals surface area contributed by atoms with E-state index in [1.807, 2.05) is 12.1 Å². The first-order chi connectivity index (χ1) is 16.9. The van der Waals surface area contributed by atoms with Gasteiger partial charge in [0.15, 0.2) is 0 Å². The maximum absolute atomic E-state index is 10.1. The van der Waals surface area contributed by atoms with Crippen LogP contribution in [-0.4, -0.2) is 54.5 Å². The van der Waals surface area contributed by atoms with E-state index < -0.39 is 0 Å². The molecule has 1 N–H and O–H groups in total. The Bertz CT molecular complexity index is 1250. The van der Waals surface area contributed by atoms with Gasteiger partial charge in [-0.3, -0.25) is 0 Å². The number of rotatable bonds is 5. The molecule has 6 rings (SSSR count). The Morgan fingerprint density at radius 3 is 2.46 bits per heavy atom. The minimum absolute atomic E-state index is 0.0553. The topological polar surface area (TPSA) is 61.7 Å². The van der Waals surface area contributed by atoms with Crippen LogP contribution in [0.15, 0.2) is 36.4 Å². The number of nitrogens with zero attached hydrogens (tertiary/aromatic N) is 4. The van der Waals surface area contributed by atoms with Crippen molar-refractivity contribution in [1.29, 1.82) is 0 Å². The molecule has 0 amide bonds. The summed E-state index contributed by atoms with van der Waals surface area (Å²) in [6, 6.07) is 12.6. The fourth-order valence-corrected chi connectivity index (χ4v) is 5.90. The predicted octanol–water partition coefficient (Wildman–Crippen LogP) is 5.30. The SMILES string of the molecule is COc1ccccc1C1CCN(c2nc(C3(C)CC3)nc3c(Cl)cc(N4CC[C@@H](O)C4)cc23)CC1. The number of benzene rings is 2. The van der Waals surface area contributed by atoms with Crippen molar-refractivity contribution >= 4 is 34.0 Å². The molecule has 2 saturated heterocycles. The maximum atomic E-state index is 10.1. The van der Waals surface area contributed by atoms with Crippen LogP contribution < -0.4 is 14.5 Å². The van der Waals surface area contributed by atoms with Crippen LogP contribution in [0, 0.1) is 0 Å². The van der Waals surface area contributed by atoms with E-state index in [1.54, 1.807) is 7.11 Å². The number of piperidine rings is 1. The van der Waals surface area contributed by atoms with E-state index >= 15 is 0 Å². The van der Waals surface area contributed by atoms with E-state index in [2.05, 4.69) is 41.0 Å². The van der Waals surface area contributed by atoms with Crippen LogP contribution in [0.3, 0.4) is 0 Å². The molecule has 35 heavy (non-hydrogen) atoms. The van der Waals surface area contributed by atoms with Gasteiger partial charge >= 0.3 is 0 Å². The summed E-state index contributed by atoms with van der Waals surface area (Å²) >= 11 is 6.86. The van der Waals surface area contributed by atoms with E-state index in [-0.39, 0.29) is 11.5 Å². The van der Waals surface area contributed by atoms with Gasteiger partial charge < -0.3 is 19.6 Å². The van der Waals surface area contributed by atoms with E-state index in [0.29, 0.717) is 17.5 Å². The summed E-state index contributed by atoms with van der Waals surface area (Å²) < 4.78 is 5.64. The Morgan fingerprint density at radius 2 is 1.77 bits per heavy atom. The highest BCUT2D eigenvalue weighted by molar-refractivity contribution is 6.35. The van der Waals surface area contributed by atoms with Gasteiger partial charge in [-0.05, 0) is 61.8 Å². The average Bonchev–Trinajstić information content (AvgIpc) is 3.49. The molecule has 0 bridgehead atoms. The monoisotopic (exact) mass is 492 g/mol. The third-order valence-electron chi connectivity index (χ3n) is 8.16. The first-order valence-corrected chi connectivity index (χ1v) is 13.2. The molecule has 6 nitrogen and oxygen atoms in total. The molecule has 3 aromatic rings. The van der Waals surface area contributed by atoms with Crippen molar-refractivity contribution in [1.82, 2.24) is 9.97 Å². The number of fused-ring (bicyclic) bond motifs is 1. The van der Waals surface area contributed by atoms with Gasteiger partial charge in [-0.25, -0.2) is 9.97 Å². The molecule has 1 atom stereocenters. The third kappa shape index (κ3) is 4.21. The van der Waals surface area contributed by atoms with Gasteiger partial charge in [0.25, 0.3) is 0 Å². The summed E-state index contributed by atoms with van der Waals surface area (Å²) in [6.07, 6.45) is 4.83. The Kier molecular flexibility index (Phi) is 5.76. The summed E-state index contributed by atoms with van der Waals surface area (Å²) in [6.45, 7) is 5.57. The zero-order chi connectivity index (χ0) is 24.2. The van der Waals surface area contributed by atoms with Gasteiger partial charge in [-0.1, -0.05) is 36.7 Å². The highest BCUT2D eigenvalue weighted by Gasteiger charge is 2.43. The molecule has 1 aromatic heterocycles. The van der Waals surface area contributed by atoms with Gasteiger partial charge in [-0.2, -0.15) is 0 Å². The lowest BCUT2D eigenvalue weighted by atomic mass is 9.88. The summed E-state index contributed by atoms with van der Waals surface area (Å²) in [5.41, 5.74) is 3.24. The normalized spacial score (nSPS) is 22.1. The summed E-state index contributed by atoms with van der Waals surface area (Å²) in [4.78, 5) is 14.8. The van der Waals surface area contributed by atoms with Crippen molar-refractivity contribution in [2.24, 2.45) is 0 Å².